The molecule has 0 aromatic carbocycles. The monoisotopic (exact) mass is 227 g/mol. The van der Waals surface area contributed by atoms with E-state index in [9.17, 15) is 0 Å². The van der Waals surface area contributed by atoms with Crippen LogP contribution in [0.2, 0.25) is 0 Å². The molecule has 15 heavy (non-hydrogen) atoms. The van der Waals surface area contributed by atoms with Crippen molar-refractivity contribution < 1.29 is 4.74 Å². The molecular weight excluding hydrogens is 214 g/mol. The highest BCUT2D eigenvalue weighted by Crippen LogP contribution is 2.25. The molecule has 1 saturated heterocycles. The van der Waals surface area contributed by atoms with Crippen LogP contribution in [0.3, 0.4) is 0 Å². The number of hydrogen-bond donors (Lipinski definition) is 1. The Labute approximate surface area is 94.0 Å². The Morgan fingerprint density at radius 2 is 2.00 bits per heavy atom. The first-order chi connectivity index (χ1) is 7.35. The lowest BCUT2D eigenvalue weighted by molar-refractivity contribution is 0.0665. The molecule has 1 aliphatic heterocycles. The lowest BCUT2D eigenvalue weighted by Gasteiger charge is -2.36. The van der Waals surface area contributed by atoms with Crippen LogP contribution in [-0.2, 0) is 4.74 Å². The molecule has 1 aliphatic rings. The fourth-order valence-electron chi connectivity index (χ4n) is 1.65. The van der Waals surface area contributed by atoms with Crippen LogP contribution in [0.1, 0.15) is 12.8 Å². The molecule has 1 fully saturated rings. The Hall–Kier alpha value is -0.870. The number of hydrogen-bond acceptors (Lipinski definition) is 4. The molecule has 0 aliphatic carbocycles. The van der Waals surface area contributed by atoms with Crippen LogP contribution in [0.15, 0.2) is 18.5 Å². The minimum absolute atomic E-state index is 0.110. The molecule has 82 valence electrons. The molecule has 0 bridgehead atoms. The molecule has 1 N–H and O–H groups in total. The minimum Gasteiger partial charge on any atom is -0.381 e. The molecule has 2 heterocycles. The number of halogens is 1. The van der Waals surface area contributed by atoms with Crippen molar-refractivity contribution >= 4 is 17.5 Å². The summed E-state index contributed by atoms with van der Waals surface area (Å²) in [6.07, 6.45) is 5.23. The van der Waals surface area contributed by atoms with E-state index in [1.165, 1.54) is 0 Å². The van der Waals surface area contributed by atoms with Gasteiger partial charge in [-0.1, -0.05) is 0 Å². The van der Waals surface area contributed by atoms with Crippen molar-refractivity contribution in [3.05, 3.63) is 18.5 Å². The lowest BCUT2D eigenvalue weighted by Crippen LogP contribution is -2.45. The van der Waals surface area contributed by atoms with Crippen molar-refractivity contribution in [3.63, 3.8) is 0 Å². The first-order valence-electron chi connectivity index (χ1n) is 5.04. The number of rotatable bonds is 3. The summed E-state index contributed by atoms with van der Waals surface area (Å²) < 4.78 is 5.32. The predicted octanol–water partition coefficient (Wildman–Crippen LogP) is 1.68. The Bertz CT molecular complexity index is 301. The fourth-order valence-corrected chi connectivity index (χ4v) is 1.99. The maximum atomic E-state index is 6.01. The zero-order valence-corrected chi connectivity index (χ0v) is 9.20. The van der Waals surface area contributed by atoms with E-state index in [-0.39, 0.29) is 5.54 Å². The van der Waals surface area contributed by atoms with Crippen LogP contribution in [0.5, 0.6) is 0 Å². The van der Waals surface area contributed by atoms with Crippen LogP contribution in [-0.4, -0.2) is 34.6 Å². The van der Waals surface area contributed by atoms with Gasteiger partial charge in [0.2, 0.25) is 5.95 Å². The van der Waals surface area contributed by atoms with Gasteiger partial charge in [0.05, 0.1) is 5.54 Å². The van der Waals surface area contributed by atoms with Crippen molar-refractivity contribution in [2.45, 2.75) is 18.4 Å². The van der Waals surface area contributed by atoms with Gasteiger partial charge in [-0.15, -0.1) is 11.6 Å². The van der Waals surface area contributed by atoms with Crippen LogP contribution >= 0.6 is 11.6 Å². The van der Waals surface area contributed by atoms with E-state index in [1.54, 1.807) is 18.5 Å². The van der Waals surface area contributed by atoms with Gasteiger partial charge in [0.15, 0.2) is 0 Å². The van der Waals surface area contributed by atoms with Crippen molar-refractivity contribution in [3.8, 4) is 0 Å². The van der Waals surface area contributed by atoms with E-state index in [0.717, 1.165) is 26.1 Å². The minimum atomic E-state index is -0.110. The first kappa shape index (κ1) is 10.6. The topological polar surface area (TPSA) is 47.0 Å². The zero-order chi connectivity index (χ0) is 10.6. The second-order valence-electron chi connectivity index (χ2n) is 3.72. The average Bonchev–Trinajstić information content (AvgIpc) is 2.32. The van der Waals surface area contributed by atoms with E-state index >= 15 is 0 Å². The van der Waals surface area contributed by atoms with Gasteiger partial charge in [-0.2, -0.15) is 0 Å². The summed E-state index contributed by atoms with van der Waals surface area (Å²) in [6.45, 7) is 1.49. The molecule has 0 radical (unpaired) electrons. The highest BCUT2D eigenvalue weighted by atomic mass is 35.5. The summed E-state index contributed by atoms with van der Waals surface area (Å²) in [5.74, 6) is 1.19. The van der Waals surface area contributed by atoms with Gasteiger partial charge in [0, 0.05) is 31.5 Å². The molecule has 0 spiro atoms. The Kier molecular flexibility index (Phi) is 3.38. The summed E-state index contributed by atoms with van der Waals surface area (Å²) in [4.78, 5) is 8.29. The number of anilines is 1. The Balaban J connectivity index is 2.07. The van der Waals surface area contributed by atoms with Crippen LogP contribution < -0.4 is 5.32 Å². The van der Waals surface area contributed by atoms with E-state index in [0.29, 0.717) is 11.8 Å². The van der Waals surface area contributed by atoms with Gasteiger partial charge in [-0.05, 0) is 18.9 Å². The van der Waals surface area contributed by atoms with Gasteiger partial charge in [-0.25, -0.2) is 9.97 Å². The van der Waals surface area contributed by atoms with Crippen LogP contribution in [0.4, 0.5) is 5.95 Å². The summed E-state index contributed by atoms with van der Waals surface area (Å²) in [5, 5.41) is 3.31. The SMILES string of the molecule is ClCC1(Nc2ncccn2)CCOCC1. The third-order valence-corrected chi connectivity index (χ3v) is 3.16. The molecule has 5 heteroatoms. The predicted molar refractivity (Wildman–Crippen MR) is 59.2 cm³/mol. The van der Waals surface area contributed by atoms with Crippen molar-refractivity contribution in [2.75, 3.05) is 24.4 Å². The molecule has 0 unspecified atom stereocenters. The zero-order valence-electron chi connectivity index (χ0n) is 8.45. The van der Waals surface area contributed by atoms with Gasteiger partial charge >= 0.3 is 0 Å². The van der Waals surface area contributed by atoms with Crippen molar-refractivity contribution in [1.29, 1.82) is 0 Å². The standard InChI is InChI=1S/C10H14ClN3O/c11-8-10(2-6-15-7-3-10)14-9-12-4-1-5-13-9/h1,4-5H,2-3,6-8H2,(H,12,13,14). The smallest absolute Gasteiger partial charge is 0.223 e. The summed E-state index contributed by atoms with van der Waals surface area (Å²) in [5.41, 5.74) is -0.110. The van der Waals surface area contributed by atoms with Crippen LogP contribution in [0, 0.1) is 0 Å². The lowest BCUT2D eigenvalue weighted by atomic mass is 9.92. The summed E-state index contributed by atoms with van der Waals surface area (Å²) in [7, 11) is 0. The highest BCUT2D eigenvalue weighted by molar-refractivity contribution is 6.18. The second-order valence-corrected chi connectivity index (χ2v) is 3.99. The third kappa shape index (κ3) is 2.58. The second kappa shape index (κ2) is 4.77. The number of nitrogens with zero attached hydrogens (tertiary/aromatic N) is 2. The number of ether oxygens (including phenoxy) is 1. The quantitative estimate of drug-likeness (QED) is 0.799. The Morgan fingerprint density at radius 1 is 1.33 bits per heavy atom. The average molecular weight is 228 g/mol. The largest absolute Gasteiger partial charge is 0.381 e. The fraction of sp³-hybridized carbons (Fsp3) is 0.600. The molecule has 0 atom stereocenters. The van der Waals surface area contributed by atoms with E-state index < -0.39 is 0 Å². The number of alkyl halides is 1. The van der Waals surface area contributed by atoms with Crippen molar-refractivity contribution in [2.24, 2.45) is 0 Å². The molecule has 1 aromatic heterocycles. The van der Waals surface area contributed by atoms with E-state index in [4.69, 9.17) is 16.3 Å². The molecule has 2 rings (SSSR count). The molecule has 4 nitrogen and oxygen atoms in total. The normalized spacial score (nSPS) is 19.8. The highest BCUT2D eigenvalue weighted by Gasteiger charge is 2.32. The molecular formula is C10H14ClN3O. The molecule has 0 saturated carbocycles. The number of aromatic nitrogens is 2. The van der Waals surface area contributed by atoms with Gasteiger partial charge in [0.1, 0.15) is 0 Å². The van der Waals surface area contributed by atoms with Gasteiger partial charge < -0.3 is 10.1 Å². The van der Waals surface area contributed by atoms with Crippen molar-refractivity contribution in [1.82, 2.24) is 9.97 Å². The molecule has 1 aromatic rings. The van der Waals surface area contributed by atoms with E-state index in [2.05, 4.69) is 15.3 Å². The summed E-state index contributed by atoms with van der Waals surface area (Å²) >= 11 is 6.01. The van der Waals surface area contributed by atoms with E-state index in [1.807, 2.05) is 0 Å². The third-order valence-electron chi connectivity index (χ3n) is 2.65. The Morgan fingerprint density at radius 3 is 2.60 bits per heavy atom. The molecule has 0 amide bonds. The summed E-state index contributed by atoms with van der Waals surface area (Å²) in [6, 6.07) is 1.79. The van der Waals surface area contributed by atoms with Gasteiger partial charge in [0.25, 0.3) is 0 Å². The number of nitrogens with one attached hydrogen (secondary N) is 1. The van der Waals surface area contributed by atoms with Gasteiger partial charge in [-0.3, -0.25) is 0 Å². The first-order valence-corrected chi connectivity index (χ1v) is 5.57. The maximum Gasteiger partial charge on any atom is 0.223 e. The van der Waals surface area contributed by atoms with Crippen LogP contribution in [0.25, 0.3) is 0 Å². The maximum absolute atomic E-state index is 6.01.